The molecular weight excluding hydrogens is 331 g/mol. The first-order valence-electron chi connectivity index (χ1n) is 4.93. The van der Waals surface area contributed by atoms with Gasteiger partial charge in [0, 0.05) is 17.0 Å². The zero-order valence-electron chi connectivity index (χ0n) is 9.04. The summed E-state index contributed by atoms with van der Waals surface area (Å²) in [6.45, 7) is 1.79. The Morgan fingerprint density at radius 1 is 1.47 bits per heavy atom. The van der Waals surface area contributed by atoms with Crippen LogP contribution < -0.4 is 4.74 Å². The Morgan fingerprint density at radius 3 is 2.71 bits per heavy atom. The van der Waals surface area contributed by atoms with E-state index < -0.39 is 5.97 Å². The summed E-state index contributed by atoms with van der Waals surface area (Å²) in [7, 11) is 0. The van der Waals surface area contributed by atoms with Crippen molar-refractivity contribution in [2.24, 2.45) is 0 Å². The second-order valence-electron chi connectivity index (χ2n) is 3.56. The van der Waals surface area contributed by atoms with Gasteiger partial charge in [0.25, 0.3) is 0 Å². The van der Waals surface area contributed by atoms with Crippen molar-refractivity contribution in [1.82, 2.24) is 0 Å². The fourth-order valence-corrected chi connectivity index (χ4v) is 2.03. The highest BCUT2D eigenvalue weighted by Gasteiger charge is 2.11. The molecule has 1 aromatic rings. The fourth-order valence-electron chi connectivity index (χ4n) is 1.20. The smallest absolute Gasteiger partial charge is 0.303 e. The van der Waals surface area contributed by atoms with E-state index in [1.54, 1.807) is 19.1 Å². The van der Waals surface area contributed by atoms with Crippen LogP contribution in [0, 0.1) is 0 Å². The van der Waals surface area contributed by atoms with Gasteiger partial charge < -0.3 is 9.84 Å². The molecule has 1 atom stereocenters. The highest BCUT2D eigenvalue weighted by molar-refractivity contribution is 9.10. The summed E-state index contributed by atoms with van der Waals surface area (Å²) < 4.78 is 6.22. The van der Waals surface area contributed by atoms with Gasteiger partial charge in [-0.25, -0.2) is 0 Å². The maximum absolute atomic E-state index is 10.4. The van der Waals surface area contributed by atoms with E-state index in [4.69, 9.17) is 33.0 Å². The van der Waals surface area contributed by atoms with Crippen molar-refractivity contribution in [2.75, 3.05) is 0 Å². The molecule has 0 aromatic heterocycles. The van der Waals surface area contributed by atoms with Gasteiger partial charge in [-0.15, -0.1) is 0 Å². The van der Waals surface area contributed by atoms with Crippen LogP contribution in [0.2, 0.25) is 10.0 Å². The number of ether oxygens (including phenoxy) is 1. The van der Waals surface area contributed by atoms with Crippen molar-refractivity contribution < 1.29 is 14.6 Å². The summed E-state index contributed by atoms with van der Waals surface area (Å²) in [6, 6.07) is 3.24. The molecule has 0 aliphatic carbocycles. The van der Waals surface area contributed by atoms with Crippen molar-refractivity contribution in [2.45, 2.75) is 25.9 Å². The highest BCUT2D eigenvalue weighted by atomic mass is 79.9. The van der Waals surface area contributed by atoms with Crippen LogP contribution >= 0.6 is 39.1 Å². The fraction of sp³-hybridized carbons (Fsp3) is 0.364. The third-order valence-corrected chi connectivity index (χ3v) is 3.56. The molecule has 0 saturated heterocycles. The van der Waals surface area contributed by atoms with Gasteiger partial charge in [-0.2, -0.15) is 0 Å². The van der Waals surface area contributed by atoms with Crippen molar-refractivity contribution in [3.05, 3.63) is 26.7 Å². The Labute approximate surface area is 118 Å². The Morgan fingerprint density at radius 2 is 2.12 bits per heavy atom. The number of carboxylic acids is 1. The summed E-state index contributed by atoms with van der Waals surface area (Å²) in [4.78, 5) is 10.4. The van der Waals surface area contributed by atoms with E-state index in [2.05, 4.69) is 15.9 Å². The quantitative estimate of drug-likeness (QED) is 0.808. The van der Waals surface area contributed by atoms with Gasteiger partial charge in [0.1, 0.15) is 5.75 Å². The zero-order chi connectivity index (χ0) is 13.0. The second-order valence-corrected chi connectivity index (χ2v) is 5.23. The summed E-state index contributed by atoms with van der Waals surface area (Å²) in [5.74, 6) is -0.391. The molecule has 17 heavy (non-hydrogen) atoms. The molecule has 1 N–H and O–H groups in total. The minimum atomic E-state index is -0.847. The number of carbonyl (C=O) groups is 1. The van der Waals surface area contributed by atoms with E-state index in [-0.39, 0.29) is 12.5 Å². The van der Waals surface area contributed by atoms with E-state index in [1.165, 1.54) is 0 Å². The Hall–Kier alpha value is -0.450. The maximum Gasteiger partial charge on any atom is 0.303 e. The molecule has 1 aromatic carbocycles. The van der Waals surface area contributed by atoms with E-state index in [0.717, 1.165) is 0 Å². The number of hydrogen-bond acceptors (Lipinski definition) is 2. The minimum absolute atomic E-state index is 0.0586. The Balaban J connectivity index is 2.68. The van der Waals surface area contributed by atoms with Gasteiger partial charge in [-0.1, -0.05) is 23.2 Å². The largest absolute Gasteiger partial charge is 0.489 e. The van der Waals surface area contributed by atoms with Crippen molar-refractivity contribution >= 4 is 45.1 Å². The summed E-state index contributed by atoms with van der Waals surface area (Å²) in [6.07, 6.45) is 0.239. The molecule has 6 heteroatoms. The minimum Gasteiger partial charge on any atom is -0.489 e. The van der Waals surface area contributed by atoms with Gasteiger partial charge in [0.2, 0.25) is 0 Å². The number of hydrogen-bond donors (Lipinski definition) is 1. The van der Waals surface area contributed by atoms with Crippen LogP contribution in [0.1, 0.15) is 19.8 Å². The van der Waals surface area contributed by atoms with Gasteiger partial charge >= 0.3 is 5.97 Å². The molecule has 0 spiro atoms. The van der Waals surface area contributed by atoms with Crippen LogP contribution in [0.4, 0.5) is 0 Å². The van der Waals surface area contributed by atoms with Crippen molar-refractivity contribution in [3.63, 3.8) is 0 Å². The molecule has 3 nitrogen and oxygen atoms in total. The van der Waals surface area contributed by atoms with Gasteiger partial charge in [0.15, 0.2) is 0 Å². The molecule has 0 saturated carbocycles. The third-order valence-electron chi connectivity index (χ3n) is 2.07. The normalized spacial score (nSPS) is 12.2. The lowest BCUT2D eigenvalue weighted by Crippen LogP contribution is -2.13. The number of aliphatic carboxylic acids is 1. The summed E-state index contributed by atoms with van der Waals surface area (Å²) >= 11 is 15.1. The lowest BCUT2D eigenvalue weighted by Gasteiger charge is -2.15. The first-order valence-corrected chi connectivity index (χ1v) is 6.48. The molecule has 0 heterocycles. The predicted octanol–water partition coefficient (Wildman–Crippen LogP) is 4.39. The van der Waals surface area contributed by atoms with Crippen molar-refractivity contribution in [1.29, 1.82) is 0 Å². The van der Waals surface area contributed by atoms with Crippen LogP contribution in [-0.4, -0.2) is 17.2 Å². The Kier molecular flexibility index (Phi) is 5.56. The van der Waals surface area contributed by atoms with E-state index >= 15 is 0 Å². The highest BCUT2D eigenvalue weighted by Crippen LogP contribution is 2.34. The molecule has 0 aliphatic heterocycles. The van der Waals surface area contributed by atoms with E-state index in [9.17, 15) is 4.79 Å². The first kappa shape index (κ1) is 14.6. The Bertz CT molecular complexity index is 423. The molecule has 0 bridgehead atoms. The van der Waals surface area contributed by atoms with Crippen LogP contribution in [-0.2, 0) is 4.79 Å². The number of carboxylic acid groups (broad SMARTS) is 1. The monoisotopic (exact) mass is 340 g/mol. The van der Waals surface area contributed by atoms with Gasteiger partial charge in [-0.05, 0) is 35.3 Å². The van der Waals surface area contributed by atoms with E-state index in [1.807, 2.05) is 0 Å². The van der Waals surface area contributed by atoms with Crippen LogP contribution in [0.25, 0.3) is 0 Å². The number of halogens is 3. The molecule has 94 valence electrons. The van der Waals surface area contributed by atoms with Crippen LogP contribution in [0.3, 0.4) is 0 Å². The summed E-state index contributed by atoms with van der Waals surface area (Å²) in [5.41, 5.74) is 0. The lowest BCUT2D eigenvalue weighted by molar-refractivity contribution is -0.137. The van der Waals surface area contributed by atoms with Crippen molar-refractivity contribution in [3.8, 4) is 5.75 Å². The van der Waals surface area contributed by atoms with Crippen LogP contribution in [0.5, 0.6) is 5.75 Å². The SMILES string of the molecule is CC(CCC(=O)O)Oc1cc(Cl)c(Br)cc1Cl. The van der Waals surface area contributed by atoms with Gasteiger partial charge in [0.05, 0.1) is 16.1 Å². The molecule has 1 unspecified atom stereocenters. The molecule has 0 fully saturated rings. The summed E-state index contributed by atoms with van der Waals surface area (Å²) in [5, 5.41) is 9.48. The standard InChI is InChI=1S/C11H11BrCl2O3/c1-6(2-3-11(15)16)17-10-5-8(13)7(12)4-9(10)14/h4-6H,2-3H2,1H3,(H,15,16). The number of benzene rings is 1. The molecule has 0 aliphatic rings. The molecule has 1 rings (SSSR count). The first-order chi connectivity index (χ1) is 7.90. The molecular formula is C11H11BrCl2O3. The lowest BCUT2D eigenvalue weighted by atomic mass is 10.2. The van der Waals surface area contributed by atoms with Gasteiger partial charge in [-0.3, -0.25) is 4.79 Å². The third kappa shape index (κ3) is 4.74. The topological polar surface area (TPSA) is 46.5 Å². The number of rotatable bonds is 5. The molecule has 0 radical (unpaired) electrons. The average molecular weight is 342 g/mol. The van der Waals surface area contributed by atoms with E-state index in [0.29, 0.717) is 26.7 Å². The zero-order valence-corrected chi connectivity index (χ0v) is 12.1. The average Bonchev–Trinajstić information content (AvgIpc) is 2.23. The molecule has 0 amide bonds. The maximum atomic E-state index is 10.4. The predicted molar refractivity (Wildman–Crippen MR) is 71.1 cm³/mol. The van der Waals surface area contributed by atoms with Crippen LogP contribution in [0.15, 0.2) is 16.6 Å². The second kappa shape index (κ2) is 6.47.